The number of rotatable bonds is 5. The van der Waals surface area contributed by atoms with E-state index in [2.05, 4.69) is 10.3 Å². The Morgan fingerprint density at radius 3 is 2.62 bits per heavy atom. The number of hydrogen-bond acceptors (Lipinski definition) is 6. The van der Waals surface area contributed by atoms with E-state index in [9.17, 15) is 9.59 Å². The third-order valence-electron chi connectivity index (χ3n) is 2.62. The molecule has 0 bridgehead atoms. The number of primary amides is 1. The van der Waals surface area contributed by atoms with Crippen molar-refractivity contribution >= 4 is 28.3 Å². The fraction of sp³-hybridized carbons (Fsp3) is 0.154. The predicted octanol–water partition coefficient (Wildman–Crippen LogP) is 1.51. The van der Waals surface area contributed by atoms with Crippen molar-refractivity contribution in [2.75, 3.05) is 19.5 Å². The van der Waals surface area contributed by atoms with Crippen LogP contribution >= 0.6 is 11.3 Å². The Balaban J connectivity index is 2.21. The molecule has 8 heteroatoms. The average molecular weight is 307 g/mol. The molecule has 0 aliphatic carbocycles. The number of carbonyl (C=O) groups is 2. The molecule has 2 aromatic rings. The summed E-state index contributed by atoms with van der Waals surface area (Å²) in [5.74, 6) is -0.0397. The van der Waals surface area contributed by atoms with Crippen LogP contribution in [-0.2, 0) is 0 Å². The number of thiazole rings is 1. The summed E-state index contributed by atoms with van der Waals surface area (Å²) in [6, 6.07) is 4.83. The molecule has 7 nitrogen and oxygen atoms in total. The average Bonchev–Trinajstić information content (AvgIpc) is 2.95. The van der Waals surface area contributed by atoms with Gasteiger partial charge in [0, 0.05) is 6.07 Å². The van der Waals surface area contributed by atoms with E-state index in [1.807, 2.05) is 0 Å². The van der Waals surface area contributed by atoms with Gasteiger partial charge in [-0.15, -0.1) is 0 Å². The summed E-state index contributed by atoms with van der Waals surface area (Å²) in [6.45, 7) is 0. The van der Waals surface area contributed by atoms with Gasteiger partial charge in [-0.05, 0) is 12.1 Å². The van der Waals surface area contributed by atoms with Crippen molar-refractivity contribution in [2.45, 2.75) is 0 Å². The number of anilines is 1. The fourth-order valence-electron chi connectivity index (χ4n) is 1.60. The quantitative estimate of drug-likeness (QED) is 0.871. The number of nitrogens with zero attached hydrogens (tertiary/aromatic N) is 1. The first kappa shape index (κ1) is 14.8. The Hall–Kier alpha value is -2.61. The highest BCUT2D eigenvalue weighted by molar-refractivity contribution is 7.17. The number of aromatic nitrogens is 1. The molecule has 2 amide bonds. The minimum Gasteiger partial charge on any atom is -0.497 e. The van der Waals surface area contributed by atoms with E-state index in [1.165, 1.54) is 20.4 Å². The number of carbonyl (C=O) groups excluding carboxylic acids is 2. The molecule has 0 radical (unpaired) electrons. The highest BCUT2D eigenvalue weighted by atomic mass is 32.1. The zero-order valence-corrected chi connectivity index (χ0v) is 12.2. The zero-order valence-electron chi connectivity index (χ0n) is 11.4. The second kappa shape index (κ2) is 6.23. The van der Waals surface area contributed by atoms with Crippen LogP contribution < -0.4 is 20.5 Å². The monoisotopic (exact) mass is 307 g/mol. The molecule has 0 saturated heterocycles. The summed E-state index contributed by atoms with van der Waals surface area (Å²) in [5, 5.41) is 2.87. The van der Waals surface area contributed by atoms with Gasteiger partial charge in [-0.2, -0.15) is 0 Å². The van der Waals surface area contributed by atoms with E-state index < -0.39 is 11.8 Å². The lowest BCUT2D eigenvalue weighted by molar-refractivity contribution is 0.1000. The first-order valence-electron chi connectivity index (χ1n) is 5.84. The molecule has 0 fully saturated rings. The fourth-order valence-corrected chi connectivity index (χ4v) is 2.26. The standard InChI is InChI=1S/C13H13N3O4S/c1-19-7-3-4-8(9(5-7)20-2)12(18)16-13-15-6-10(21-13)11(14)17/h3-6H,1-2H3,(H2,14,17)(H,15,16,18). The number of amides is 2. The first-order valence-corrected chi connectivity index (χ1v) is 6.65. The third-order valence-corrected chi connectivity index (χ3v) is 3.55. The smallest absolute Gasteiger partial charge is 0.261 e. The molecule has 1 aromatic heterocycles. The van der Waals surface area contributed by atoms with Crippen LogP contribution in [0.25, 0.3) is 0 Å². The van der Waals surface area contributed by atoms with Gasteiger partial charge in [-0.25, -0.2) is 4.98 Å². The molecule has 0 spiro atoms. The SMILES string of the molecule is COc1ccc(C(=O)Nc2ncc(C(N)=O)s2)c(OC)c1. The maximum Gasteiger partial charge on any atom is 0.261 e. The van der Waals surface area contributed by atoms with Gasteiger partial charge < -0.3 is 15.2 Å². The number of hydrogen-bond donors (Lipinski definition) is 2. The van der Waals surface area contributed by atoms with Crippen LogP contribution in [-0.4, -0.2) is 31.0 Å². The van der Waals surface area contributed by atoms with Gasteiger partial charge in [-0.3, -0.25) is 14.9 Å². The molecule has 0 aliphatic heterocycles. The van der Waals surface area contributed by atoms with Gasteiger partial charge in [0.15, 0.2) is 5.13 Å². The number of ether oxygens (including phenoxy) is 2. The lowest BCUT2D eigenvalue weighted by Crippen LogP contribution is -2.13. The van der Waals surface area contributed by atoms with Gasteiger partial charge in [0.1, 0.15) is 16.4 Å². The van der Waals surface area contributed by atoms with Gasteiger partial charge >= 0.3 is 0 Å². The molecule has 3 N–H and O–H groups in total. The normalized spacial score (nSPS) is 10.0. The van der Waals surface area contributed by atoms with Crippen molar-refractivity contribution in [1.82, 2.24) is 4.98 Å². The summed E-state index contributed by atoms with van der Waals surface area (Å²) < 4.78 is 10.2. The van der Waals surface area contributed by atoms with E-state index in [0.29, 0.717) is 17.1 Å². The molecule has 1 aromatic carbocycles. The van der Waals surface area contributed by atoms with Crippen LogP contribution in [0.1, 0.15) is 20.0 Å². The number of nitrogens with two attached hydrogens (primary N) is 1. The topological polar surface area (TPSA) is 104 Å². The minimum absolute atomic E-state index is 0.270. The molecular weight excluding hydrogens is 294 g/mol. The molecule has 21 heavy (non-hydrogen) atoms. The van der Waals surface area contributed by atoms with Gasteiger partial charge in [0.05, 0.1) is 26.0 Å². The van der Waals surface area contributed by atoms with E-state index in [1.54, 1.807) is 18.2 Å². The van der Waals surface area contributed by atoms with Crippen LogP contribution in [0.2, 0.25) is 0 Å². The minimum atomic E-state index is -0.588. The number of nitrogens with one attached hydrogen (secondary N) is 1. The molecule has 1 heterocycles. The largest absolute Gasteiger partial charge is 0.497 e. The molecule has 0 unspecified atom stereocenters. The first-order chi connectivity index (χ1) is 10.0. The predicted molar refractivity (Wildman–Crippen MR) is 78.1 cm³/mol. The lowest BCUT2D eigenvalue weighted by Gasteiger charge is -2.09. The van der Waals surface area contributed by atoms with E-state index in [-0.39, 0.29) is 10.0 Å². The second-order valence-corrected chi connectivity index (χ2v) is 4.94. The maximum atomic E-state index is 12.2. The zero-order chi connectivity index (χ0) is 15.4. The van der Waals surface area contributed by atoms with Crippen molar-refractivity contribution in [3.63, 3.8) is 0 Å². The van der Waals surface area contributed by atoms with Crippen LogP contribution in [0.3, 0.4) is 0 Å². The van der Waals surface area contributed by atoms with Crippen LogP contribution in [0.4, 0.5) is 5.13 Å². The molecule has 0 saturated carbocycles. The molecule has 0 atom stereocenters. The lowest BCUT2D eigenvalue weighted by atomic mass is 10.2. The highest BCUT2D eigenvalue weighted by Crippen LogP contribution is 2.26. The van der Waals surface area contributed by atoms with Crippen LogP contribution in [0.5, 0.6) is 11.5 Å². The Bertz CT molecular complexity index is 684. The Morgan fingerprint density at radius 1 is 1.29 bits per heavy atom. The molecule has 110 valence electrons. The molecule has 2 rings (SSSR count). The highest BCUT2D eigenvalue weighted by Gasteiger charge is 2.15. The van der Waals surface area contributed by atoms with Crippen LogP contribution in [0.15, 0.2) is 24.4 Å². The van der Waals surface area contributed by atoms with Crippen molar-refractivity contribution in [2.24, 2.45) is 5.73 Å². The van der Waals surface area contributed by atoms with Gasteiger partial charge in [0.25, 0.3) is 11.8 Å². The summed E-state index contributed by atoms with van der Waals surface area (Å²) >= 11 is 1.00. The number of methoxy groups -OCH3 is 2. The summed E-state index contributed by atoms with van der Waals surface area (Å²) in [5.41, 5.74) is 5.46. The van der Waals surface area contributed by atoms with Gasteiger partial charge in [0.2, 0.25) is 0 Å². The van der Waals surface area contributed by atoms with E-state index >= 15 is 0 Å². The van der Waals surface area contributed by atoms with Crippen molar-refractivity contribution in [3.8, 4) is 11.5 Å². The number of benzene rings is 1. The van der Waals surface area contributed by atoms with Crippen LogP contribution in [0, 0.1) is 0 Å². The van der Waals surface area contributed by atoms with Crippen molar-refractivity contribution < 1.29 is 19.1 Å². The van der Waals surface area contributed by atoms with Gasteiger partial charge in [-0.1, -0.05) is 11.3 Å². The van der Waals surface area contributed by atoms with Crippen molar-refractivity contribution in [3.05, 3.63) is 34.8 Å². The van der Waals surface area contributed by atoms with E-state index in [4.69, 9.17) is 15.2 Å². The Morgan fingerprint density at radius 2 is 2.05 bits per heavy atom. The second-order valence-electron chi connectivity index (χ2n) is 3.91. The maximum absolute atomic E-state index is 12.2. The summed E-state index contributed by atoms with van der Waals surface area (Å²) in [6.07, 6.45) is 1.31. The van der Waals surface area contributed by atoms with Crippen molar-refractivity contribution in [1.29, 1.82) is 0 Å². The van der Waals surface area contributed by atoms with E-state index in [0.717, 1.165) is 11.3 Å². The molecule has 0 aliphatic rings. The summed E-state index contributed by atoms with van der Waals surface area (Å²) in [7, 11) is 2.98. The Kier molecular flexibility index (Phi) is 4.39. The molecular formula is C13H13N3O4S. The Labute approximate surface area is 124 Å². The summed E-state index contributed by atoms with van der Waals surface area (Å²) in [4.78, 5) is 27.4. The third kappa shape index (κ3) is 3.29.